The van der Waals surface area contributed by atoms with E-state index in [0.29, 0.717) is 50.6 Å². The lowest BCUT2D eigenvalue weighted by atomic mass is 9.33. The zero-order valence-electron chi connectivity index (χ0n) is 58.4. The SMILES string of the molecule is O=C(OCc1ccccc1)c1ccc2c(c1)c1cc(C(=O)OCc3ccccc3)ccc1n2-c1ccc(-c2cc(-c3ccccc3)nc(-c3ccccc3)n2)cc1-c1cc(-c2ccccc2)nc(-c2cccc(-c3cccc(N4c5ccccc5B5c6ccccc6N(c6ccccc6)c6cccc4c65)c3)c2)n1. The van der Waals surface area contributed by atoms with Crippen molar-refractivity contribution >= 4 is 91.0 Å². The number of anilines is 6. The molecule has 0 saturated carbocycles. The van der Waals surface area contributed by atoms with E-state index >= 15 is 0 Å². The van der Waals surface area contributed by atoms with Gasteiger partial charge >= 0.3 is 11.9 Å². The van der Waals surface area contributed by atoms with Crippen molar-refractivity contribution in [2.24, 2.45) is 0 Å². The molecule has 0 saturated heterocycles. The van der Waals surface area contributed by atoms with Crippen molar-refractivity contribution < 1.29 is 19.1 Å². The fourth-order valence-corrected chi connectivity index (χ4v) is 15.4. The molecule has 17 aromatic rings. The second-order valence-electron chi connectivity index (χ2n) is 27.1. The topological polar surface area (TPSA) is 116 Å². The molecule has 2 aliphatic heterocycles. The van der Waals surface area contributed by atoms with Crippen molar-refractivity contribution in [3.63, 3.8) is 0 Å². The maximum atomic E-state index is 14.3. The van der Waals surface area contributed by atoms with E-state index in [-0.39, 0.29) is 19.9 Å². The molecule has 3 aromatic heterocycles. The van der Waals surface area contributed by atoms with Crippen LogP contribution in [-0.2, 0) is 22.7 Å². The molecule has 12 heteroatoms. The molecule has 0 spiro atoms. The highest BCUT2D eigenvalue weighted by atomic mass is 16.5. The number of rotatable bonds is 16. The summed E-state index contributed by atoms with van der Waals surface area (Å²) in [5.41, 5.74) is 25.1. The third-order valence-electron chi connectivity index (χ3n) is 20.5. The minimum atomic E-state index is -0.484. The van der Waals surface area contributed by atoms with Gasteiger partial charge in [-0.2, -0.15) is 0 Å². The van der Waals surface area contributed by atoms with Crippen molar-refractivity contribution in [1.29, 1.82) is 0 Å². The molecule has 0 aliphatic carbocycles. The first-order chi connectivity index (χ1) is 53.4. The van der Waals surface area contributed by atoms with Gasteiger partial charge in [-0.3, -0.25) is 0 Å². The lowest BCUT2D eigenvalue weighted by molar-refractivity contribution is 0.0464. The van der Waals surface area contributed by atoms with E-state index in [1.54, 1.807) is 12.1 Å². The number of aromatic nitrogens is 5. The summed E-state index contributed by atoms with van der Waals surface area (Å²) in [6, 6.07) is 124. The van der Waals surface area contributed by atoms with Crippen LogP contribution < -0.4 is 26.2 Å². The average Bonchev–Trinajstić information content (AvgIpc) is 0.854. The van der Waals surface area contributed by atoms with Gasteiger partial charge in [0.25, 0.3) is 6.71 Å². The van der Waals surface area contributed by atoms with Gasteiger partial charge in [-0.1, -0.05) is 249 Å². The number of ether oxygens (including phenoxy) is 2. The maximum absolute atomic E-state index is 14.3. The lowest BCUT2D eigenvalue weighted by Crippen LogP contribution is -2.61. The summed E-state index contributed by atoms with van der Waals surface area (Å²) >= 11 is 0. The molecule has 2 aliphatic rings. The Hall–Kier alpha value is -14.4. The highest BCUT2D eigenvalue weighted by Gasteiger charge is 2.43. The number of carbonyl (C=O) groups excluding carboxylic acids is 2. The van der Waals surface area contributed by atoms with Crippen LogP contribution in [0.15, 0.2) is 364 Å². The van der Waals surface area contributed by atoms with Crippen LogP contribution in [-0.4, -0.2) is 43.2 Å². The number of hydrogen-bond donors (Lipinski definition) is 0. The third-order valence-corrected chi connectivity index (χ3v) is 20.5. The van der Waals surface area contributed by atoms with Crippen LogP contribution in [0, 0.1) is 0 Å². The molecule has 0 radical (unpaired) electrons. The first-order valence-electron chi connectivity index (χ1n) is 36.1. The Morgan fingerprint density at radius 2 is 0.704 bits per heavy atom. The fraction of sp³-hybridized carbons (Fsp3) is 0.0208. The Morgan fingerprint density at radius 3 is 1.27 bits per heavy atom. The Kier molecular flexibility index (Phi) is 16.5. The number of para-hydroxylation sites is 3. The number of esters is 2. The van der Waals surface area contributed by atoms with Crippen molar-refractivity contribution in [2.45, 2.75) is 13.2 Å². The molecule has 510 valence electrons. The van der Waals surface area contributed by atoms with E-state index < -0.39 is 11.9 Å². The van der Waals surface area contributed by atoms with Crippen LogP contribution in [0.3, 0.4) is 0 Å². The molecule has 14 aromatic carbocycles. The van der Waals surface area contributed by atoms with Crippen molar-refractivity contribution in [2.75, 3.05) is 9.80 Å². The Morgan fingerprint density at radius 1 is 0.296 bits per heavy atom. The molecule has 0 bridgehead atoms. The third kappa shape index (κ3) is 12.0. The molecular formula is C96H64BN7O4. The van der Waals surface area contributed by atoms with Gasteiger partial charge in [-0.05, 0) is 154 Å². The number of hydrogen-bond acceptors (Lipinski definition) is 10. The summed E-state index contributed by atoms with van der Waals surface area (Å²) in [4.78, 5) is 55.1. The van der Waals surface area contributed by atoms with Crippen LogP contribution in [0.1, 0.15) is 31.8 Å². The molecule has 0 unspecified atom stereocenters. The predicted octanol–water partition coefficient (Wildman–Crippen LogP) is 20.8. The normalized spacial score (nSPS) is 12.0. The maximum Gasteiger partial charge on any atom is 0.338 e. The molecule has 0 atom stereocenters. The van der Waals surface area contributed by atoms with E-state index in [1.165, 1.54) is 22.1 Å². The van der Waals surface area contributed by atoms with Crippen molar-refractivity contribution in [1.82, 2.24) is 24.5 Å². The average molecular weight is 1390 g/mol. The van der Waals surface area contributed by atoms with Crippen LogP contribution >= 0.6 is 0 Å². The van der Waals surface area contributed by atoms with E-state index in [4.69, 9.17) is 29.4 Å². The first kappa shape index (κ1) is 64.5. The number of nitrogens with zero attached hydrogens (tertiary/aromatic N) is 7. The highest BCUT2D eigenvalue weighted by Crippen LogP contribution is 2.46. The Balaban J connectivity index is 0.780. The minimum absolute atomic E-state index is 0.0106. The van der Waals surface area contributed by atoms with Crippen molar-refractivity contribution in [3.8, 4) is 84.6 Å². The highest BCUT2D eigenvalue weighted by molar-refractivity contribution is 7.00. The van der Waals surface area contributed by atoms with E-state index in [9.17, 15) is 9.59 Å². The van der Waals surface area contributed by atoms with Crippen LogP contribution in [0.2, 0.25) is 0 Å². The van der Waals surface area contributed by atoms with Gasteiger partial charge in [-0.25, -0.2) is 29.5 Å². The largest absolute Gasteiger partial charge is 0.457 e. The second-order valence-corrected chi connectivity index (χ2v) is 27.1. The number of fused-ring (bicyclic) bond motifs is 7. The predicted molar refractivity (Wildman–Crippen MR) is 435 cm³/mol. The summed E-state index contributed by atoms with van der Waals surface area (Å²) in [5.74, 6) is 0.117. The zero-order valence-corrected chi connectivity index (χ0v) is 58.4. The van der Waals surface area contributed by atoms with Gasteiger partial charge in [0, 0.05) is 78.3 Å². The monoisotopic (exact) mass is 1390 g/mol. The van der Waals surface area contributed by atoms with Crippen LogP contribution in [0.4, 0.5) is 34.1 Å². The first-order valence-corrected chi connectivity index (χ1v) is 36.1. The number of carbonyl (C=O) groups is 2. The zero-order chi connectivity index (χ0) is 72.0. The molecule has 108 heavy (non-hydrogen) atoms. The molecule has 5 heterocycles. The molecule has 0 N–H and O–H groups in total. The van der Waals surface area contributed by atoms with Gasteiger partial charge in [-0.15, -0.1) is 0 Å². The van der Waals surface area contributed by atoms with Crippen molar-refractivity contribution in [3.05, 3.63) is 386 Å². The Labute approximate surface area is 624 Å². The van der Waals surface area contributed by atoms with Gasteiger partial charge < -0.3 is 23.8 Å². The van der Waals surface area contributed by atoms with Gasteiger partial charge in [0.15, 0.2) is 11.6 Å². The van der Waals surface area contributed by atoms with E-state index in [1.807, 2.05) is 158 Å². The lowest BCUT2D eigenvalue weighted by Gasteiger charge is -2.44. The molecule has 11 nitrogen and oxygen atoms in total. The fourth-order valence-electron chi connectivity index (χ4n) is 15.4. The second kappa shape index (κ2) is 27.7. The molecular weight excluding hydrogens is 1330 g/mol. The Bertz CT molecular complexity index is 6150. The van der Waals surface area contributed by atoms with E-state index in [2.05, 4.69) is 208 Å². The quantitative estimate of drug-likeness (QED) is 0.0684. The minimum Gasteiger partial charge on any atom is -0.457 e. The van der Waals surface area contributed by atoms with Gasteiger partial charge in [0.2, 0.25) is 0 Å². The standard InChI is InChI=1S/C96H64BN7O4/c105-95(107-61-63-26-7-1-8-27-63)72-49-52-85-76(57-72)77-58-73(96(106)108-62-64-28-9-2-10-29-64)50-53-86(77)104(85)87-51-48-70(83-59-81(65-30-11-3-12-31-65)98-93(100-83)67-34-15-5-16-35-67)56-78(87)84-60-82(66-32-13-4-14-33-66)99-94(101-84)71-38-23-36-68(54-71)69-37-24-41-75(55-69)103-89-45-22-20-43-80(89)97-79-42-19-21-44-88(79)102(74-39-17-6-18-40-74)90-46-25-47-91(103)92(90)97/h1-60H,61-62H2. The molecule has 19 rings (SSSR count). The van der Waals surface area contributed by atoms with Gasteiger partial charge in [0.1, 0.15) is 13.2 Å². The molecule has 0 amide bonds. The molecule has 0 fully saturated rings. The summed E-state index contributed by atoms with van der Waals surface area (Å²) in [6.45, 7) is 0.202. The summed E-state index contributed by atoms with van der Waals surface area (Å²) in [5, 5.41) is 1.43. The smallest absolute Gasteiger partial charge is 0.338 e. The van der Waals surface area contributed by atoms with Gasteiger partial charge in [0.05, 0.1) is 50.6 Å². The summed E-state index contributed by atoms with van der Waals surface area (Å²) in [6.07, 6.45) is 0. The van der Waals surface area contributed by atoms with Crippen LogP contribution in [0.25, 0.3) is 106 Å². The van der Waals surface area contributed by atoms with Crippen LogP contribution in [0.5, 0.6) is 0 Å². The number of benzene rings is 14. The summed E-state index contributed by atoms with van der Waals surface area (Å²) in [7, 11) is 0. The van der Waals surface area contributed by atoms with E-state index in [0.717, 1.165) is 106 Å². The summed E-state index contributed by atoms with van der Waals surface area (Å²) < 4.78 is 14.1.